The van der Waals surface area contributed by atoms with Crippen LogP contribution in [-0.4, -0.2) is 6.17 Å². The van der Waals surface area contributed by atoms with Crippen molar-refractivity contribution in [2.24, 2.45) is 5.73 Å². The summed E-state index contributed by atoms with van der Waals surface area (Å²) >= 11 is 0. The molecule has 0 aliphatic heterocycles. The number of nitrogens with one attached hydrogen (secondary N) is 1. The van der Waals surface area contributed by atoms with Crippen molar-refractivity contribution in [2.75, 3.05) is 5.32 Å². The number of hydrogen-bond donors (Lipinski definition) is 2. The van der Waals surface area contributed by atoms with Gasteiger partial charge in [0, 0.05) is 5.69 Å². The van der Waals surface area contributed by atoms with Crippen LogP contribution < -0.4 is 11.1 Å². The first-order valence-corrected chi connectivity index (χ1v) is 3.36. The molecule has 0 amide bonds. The van der Waals surface area contributed by atoms with Crippen molar-refractivity contribution in [3.05, 3.63) is 30.3 Å². The fourth-order valence-electron chi connectivity index (χ4n) is 0.797. The lowest BCUT2D eigenvalue weighted by molar-refractivity contribution is 0.852. The van der Waals surface area contributed by atoms with Gasteiger partial charge in [-0.3, -0.25) is 0 Å². The molecule has 0 aromatic heterocycles. The number of hydrogen-bond acceptors (Lipinski definition) is 2. The van der Waals surface area contributed by atoms with Crippen molar-refractivity contribution in [3.8, 4) is 0 Å². The van der Waals surface area contributed by atoms with E-state index in [4.69, 9.17) is 5.73 Å². The molecule has 0 saturated carbocycles. The van der Waals surface area contributed by atoms with E-state index in [1.54, 1.807) is 0 Å². The predicted octanol–water partition coefficient (Wildman–Crippen LogP) is 1.40. The van der Waals surface area contributed by atoms with Crippen molar-refractivity contribution in [3.63, 3.8) is 0 Å². The third-order valence-electron chi connectivity index (χ3n) is 1.17. The summed E-state index contributed by atoms with van der Waals surface area (Å²) in [7, 11) is 0. The number of para-hydroxylation sites is 1. The molecule has 1 aromatic rings. The van der Waals surface area contributed by atoms with Crippen molar-refractivity contribution in [1.29, 1.82) is 0 Å². The maximum Gasteiger partial charge on any atom is 0.0714 e. The highest BCUT2D eigenvalue weighted by molar-refractivity contribution is 5.42. The summed E-state index contributed by atoms with van der Waals surface area (Å²) < 4.78 is 0. The van der Waals surface area contributed by atoms with Crippen LogP contribution in [0.2, 0.25) is 0 Å². The number of rotatable bonds is 2. The van der Waals surface area contributed by atoms with Crippen molar-refractivity contribution in [2.45, 2.75) is 13.1 Å². The Kier molecular flexibility index (Phi) is 2.29. The maximum atomic E-state index is 5.51. The van der Waals surface area contributed by atoms with Gasteiger partial charge in [-0.05, 0) is 19.1 Å². The molecule has 2 nitrogen and oxygen atoms in total. The Morgan fingerprint density at radius 3 is 2.40 bits per heavy atom. The zero-order chi connectivity index (χ0) is 7.40. The van der Waals surface area contributed by atoms with Gasteiger partial charge in [-0.1, -0.05) is 18.2 Å². The smallest absolute Gasteiger partial charge is 0.0714 e. The van der Waals surface area contributed by atoms with E-state index in [1.165, 1.54) is 0 Å². The van der Waals surface area contributed by atoms with Crippen LogP contribution in [0.15, 0.2) is 30.3 Å². The van der Waals surface area contributed by atoms with Gasteiger partial charge in [0.15, 0.2) is 0 Å². The second-order valence-electron chi connectivity index (χ2n) is 2.30. The lowest BCUT2D eigenvalue weighted by atomic mass is 10.3. The minimum absolute atomic E-state index is 0.0161. The standard InChI is InChI=1S/C8H12N2/c1-7(9)10-8-5-3-2-4-6-8/h2-7,10H,9H2,1H3. The molecule has 0 bridgehead atoms. The molecule has 3 N–H and O–H groups in total. The van der Waals surface area contributed by atoms with Gasteiger partial charge in [-0.15, -0.1) is 0 Å². The van der Waals surface area contributed by atoms with Gasteiger partial charge in [-0.2, -0.15) is 0 Å². The van der Waals surface area contributed by atoms with Crippen LogP contribution in [0.4, 0.5) is 5.69 Å². The van der Waals surface area contributed by atoms with Gasteiger partial charge < -0.3 is 11.1 Å². The van der Waals surface area contributed by atoms with Crippen LogP contribution in [0.25, 0.3) is 0 Å². The Hall–Kier alpha value is -1.02. The highest BCUT2D eigenvalue weighted by atomic mass is 15.0. The van der Waals surface area contributed by atoms with Crippen molar-refractivity contribution >= 4 is 5.69 Å². The van der Waals surface area contributed by atoms with Crippen LogP contribution in [0.3, 0.4) is 0 Å². The molecule has 0 aliphatic carbocycles. The fraction of sp³-hybridized carbons (Fsp3) is 0.250. The van der Waals surface area contributed by atoms with Crippen molar-refractivity contribution in [1.82, 2.24) is 0 Å². The van der Waals surface area contributed by atoms with Crippen LogP contribution in [0, 0.1) is 0 Å². The third kappa shape index (κ3) is 2.07. The van der Waals surface area contributed by atoms with E-state index in [9.17, 15) is 0 Å². The molecule has 54 valence electrons. The summed E-state index contributed by atoms with van der Waals surface area (Å²) in [5.41, 5.74) is 6.58. The van der Waals surface area contributed by atoms with Gasteiger partial charge in [0.2, 0.25) is 0 Å². The average Bonchev–Trinajstić information content (AvgIpc) is 1.88. The van der Waals surface area contributed by atoms with Crippen LogP contribution in [0.1, 0.15) is 6.92 Å². The summed E-state index contributed by atoms with van der Waals surface area (Å²) in [6, 6.07) is 9.91. The molecule has 0 heterocycles. The molecule has 0 saturated heterocycles. The summed E-state index contributed by atoms with van der Waals surface area (Å²) in [6.45, 7) is 1.91. The highest BCUT2D eigenvalue weighted by Gasteiger charge is 1.90. The van der Waals surface area contributed by atoms with Crippen LogP contribution >= 0.6 is 0 Å². The summed E-state index contributed by atoms with van der Waals surface area (Å²) in [5.74, 6) is 0. The lowest BCUT2D eigenvalue weighted by Crippen LogP contribution is -2.24. The SMILES string of the molecule is CC(N)Nc1ccccc1. The minimum atomic E-state index is 0.0161. The number of anilines is 1. The summed E-state index contributed by atoms with van der Waals surface area (Å²) in [4.78, 5) is 0. The van der Waals surface area contributed by atoms with Crippen LogP contribution in [0.5, 0.6) is 0 Å². The molecule has 1 rings (SSSR count). The first-order valence-electron chi connectivity index (χ1n) is 3.36. The quantitative estimate of drug-likeness (QED) is 0.603. The molecule has 0 radical (unpaired) electrons. The Labute approximate surface area is 61.1 Å². The van der Waals surface area contributed by atoms with E-state index >= 15 is 0 Å². The molecule has 0 spiro atoms. The number of nitrogens with two attached hydrogens (primary N) is 1. The highest BCUT2D eigenvalue weighted by Crippen LogP contribution is 2.04. The minimum Gasteiger partial charge on any atom is -0.370 e. The van der Waals surface area contributed by atoms with Gasteiger partial charge in [0.1, 0.15) is 0 Å². The molecule has 2 heteroatoms. The zero-order valence-corrected chi connectivity index (χ0v) is 6.04. The second kappa shape index (κ2) is 3.22. The molecule has 1 atom stereocenters. The van der Waals surface area contributed by atoms with E-state index < -0.39 is 0 Å². The van der Waals surface area contributed by atoms with E-state index in [-0.39, 0.29) is 6.17 Å². The van der Waals surface area contributed by atoms with Crippen LogP contribution in [-0.2, 0) is 0 Å². The Bertz CT molecular complexity index is 182. The monoisotopic (exact) mass is 136 g/mol. The van der Waals surface area contributed by atoms with Gasteiger partial charge >= 0.3 is 0 Å². The fourth-order valence-corrected chi connectivity index (χ4v) is 0.797. The van der Waals surface area contributed by atoms with E-state index in [1.807, 2.05) is 37.3 Å². The Morgan fingerprint density at radius 2 is 1.90 bits per heavy atom. The topological polar surface area (TPSA) is 38.0 Å². The molecule has 0 fully saturated rings. The van der Waals surface area contributed by atoms with Gasteiger partial charge in [0.25, 0.3) is 0 Å². The van der Waals surface area contributed by atoms with E-state index in [2.05, 4.69) is 5.32 Å². The molecule has 1 unspecified atom stereocenters. The maximum absolute atomic E-state index is 5.51. The molecular weight excluding hydrogens is 124 g/mol. The molecule has 1 aromatic carbocycles. The lowest BCUT2D eigenvalue weighted by Gasteiger charge is -2.08. The van der Waals surface area contributed by atoms with Crippen molar-refractivity contribution < 1.29 is 0 Å². The summed E-state index contributed by atoms with van der Waals surface area (Å²) in [6.07, 6.45) is 0.0161. The molecule has 10 heavy (non-hydrogen) atoms. The Balaban J connectivity index is 2.59. The summed E-state index contributed by atoms with van der Waals surface area (Å²) in [5, 5.41) is 3.08. The zero-order valence-electron chi connectivity index (χ0n) is 6.04. The Morgan fingerprint density at radius 1 is 1.30 bits per heavy atom. The second-order valence-corrected chi connectivity index (χ2v) is 2.30. The molecular formula is C8H12N2. The largest absolute Gasteiger partial charge is 0.370 e. The number of benzene rings is 1. The van der Waals surface area contributed by atoms with E-state index in [0.29, 0.717) is 0 Å². The average molecular weight is 136 g/mol. The first kappa shape index (κ1) is 7.09. The third-order valence-corrected chi connectivity index (χ3v) is 1.17. The van der Waals surface area contributed by atoms with Gasteiger partial charge in [0.05, 0.1) is 6.17 Å². The molecule has 0 aliphatic rings. The van der Waals surface area contributed by atoms with E-state index in [0.717, 1.165) is 5.69 Å². The first-order chi connectivity index (χ1) is 4.79. The normalized spacial score (nSPS) is 12.6. The predicted molar refractivity (Wildman–Crippen MR) is 43.7 cm³/mol. The van der Waals surface area contributed by atoms with Gasteiger partial charge in [-0.25, -0.2) is 0 Å².